The predicted octanol–water partition coefficient (Wildman–Crippen LogP) is 3.44. The molecule has 2 bridgehead atoms. The third-order valence-electron chi connectivity index (χ3n) is 6.34. The second-order valence-corrected chi connectivity index (χ2v) is 7.79. The molecule has 1 aromatic heterocycles. The van der Waals surface area contributed by atoms with E-state index in [0.717, 1.165) is 50.0 Å². The molecule has 0 spiro atoms. The van der Waals surface area contributed by atoms with Gasteiger partial charge in [0.25, 0.3) is 0 Å². The lowest BCUT2D eigenvalue weighted by Crippen LogP contribution is -2.52. The SMILES string of the molecule is O=C(N1CCc2nc[nH]c2C1)N1[C@@H]2CC[C@H]1C[C@@H](c1ccc(F)cc1)C2. The van der Waals surface area contributed by atoms with Crippen LogP contribution in [0.25, 0.3) is 0 Å². The number of imidazole rings is 1. The zero-order valence-electron chi connectivity index (χ0n) is 14.7. The zero-order valence-corrected chi connectivity index (χ0v) is 14.7. The monoisotopic (exact) mass is 354 g/mol. The van der Waals surface area contributed by atoms with E-state index in [0.29, 0.717) is 24.5 Å². The van der Waals surface area contributed by atoms with E-state index in [4.69, 9.17) is 0 Å². The molecule has 2 amide bonds. The molecule has 3 atom stereocenters. The van der Waals surface area contributed by atoms with E-state index in [1.807, 2.05) is 17.0 Å². The van der Waals surface area contributed by atoms with Crippen molar-refractivity contribution in [2.24, 2.45) is 0 Å². The maximum absolute atomic E-state index is 13.2. The van der Waals surface area contributed by atoms with Gasteiger partial charge in [-0.2, -0.15) is 0 Å². The smallest absolute Gasteiger partial charge is 0.320 e. The molecule has 5 rings (SSSR count). The number of amides is 2. The van der Waals surface area contributed by atoms with E-state index >= 15 is 0 Å². The molecule has 6 heteroatoms. The Morgan fingerprint density at radius 2 is 1.88 bits per heavy atom. The molecule has 3 aliphatic rings. The fourth-order valence-corrected chi connectivity index (χ4v) is 5.04. The minimum atomic E-state index is -0.187. The molecule has 3 aliphatic heterocycles. The van der Waals surface area contributed by atoms with Crippen LogP contribution in [-0.4, -0.2) is 44.4 Å². The van der Waals surface area contributed by atoms with Gasteiger partial charge in [0, 0.05) is 25.0 Å². The van der Waals surface area contributed by atoms with Gasteiger partial charge < -0.3 is 14.8 Å². The Labute approximate surface area is 152 Å². The van der Waals surface area contributed by atoms with E-state index < -0.39 is 0 Å². The number of benzene rings is 1. The number of hydrogen-bond acceptors (Lipinski definition) is 2. The Morgan fingerprint density at radius 3 is 2.62 bits per heavy atom. The van der Waals surface area contributed by atoms with Crippen molar-refractivity contribution in [3.05, 3.63) is 53.4 Å². The van der Waals surface area contributed by atoms with Crippen molar-refractivity contribution in [3.8, 4) is 0 Å². The highest BCUT2D eigenvalue weighted by Gasteiger charge is 2.45. The molecule has 0 aliphatic carbocycles. The second-order valence-electron chi connectivity index (χ2n) is 7.79. The molecule has 5 nitrogen and oxygen atoms in total. The van der Waals surface area contributed by atoms with Gasteiger partial charge in [-0.15, -0.1) is 0 Å². The maximum atomic E-state index is 13.2. The number of hydrogen-bond donors (Lipinski definition) is 1. The summed E-state index contributed by atoms with van der Waals surface area (Å²) in [7, 11) is 0. The highest BCUT2D eigenvalue weighted by Crippen LogP contribution is 2.43. The number of urea groups is 1. The van der Waals surface area contributed by atoms with Gasteiger partial charge in [-0.05, 0) is 49.3 Å². The summed E-state index contributed by atoms with van der Waals surface area (Å²) in [6.07, 6.45) is 6.67. The molecule has 0 radical (unpaired) electrons. The number of carbonyl (C=O) groups excluding carboxylic acids is 1. The molecule has 26 heavy (non-hydrogen) atoms. The highest BCUT2D eigenvalue weighted by molar-refractivity contribution is 5.76. The standard InChI is InChI=1S/C20H23FN4O/c21-15-3-1-13(2-4-15)14-9-16-5-6-17(10-14)25(16)20(26)24-8-7-18-19(11-24)23-12-22-18/h1-4,12,14,16-17H,5-11H2,(H,22,23)/t14-,16+,17-. The van der Waals surface area contributed by atoms with E-state index in [9.17, 15) is 9.18 Å². The lowest BCUT2D eigenvalue weighted by molar-refractivity contribution is 0.101. The van der Waals surface area contributed by atoms with E-state index in [1.54, 1.807) is 18.5 Å². The number of aromatic nitrogens is 2. The van der Waals surface area contributed by atoms with Gasteiger partial charge in [0.1, 0.15) is 5.82 Å². The molecule has 136 valence electrons. The molecular weight excluding hydrogens is 331 g/mol. The quantitative estimate of drug-likeness (QED) is 0.853. The Morgan fingerprint density at radius 1 is 1.15 bits per heavy atom. The van der Waals surface area contributed by atoms with Crippen molar-refractivity contribution in [1.29, 1.82) is 0 Å². The van der Waals surface area contributed by atoms with E-state index in [-0.39, 0.29) is 11.8 Å². The van der Waals surface area contributed by atoms with Crippen LogP contribution in [0.3, 0.4) is 0 Å². The number of H-pyrrole nitrogens is 1. The minimum absolute atomic E-state index is 0.176. The maximum Gasteiger partial charge on any atom is 0.320 e. The molecule has 1 N–H and O–H groups in total. The number of nitrogens with one attached hydrogen (secondary N) is 1. The van der Waals surface area contributed by atoms with Crippen LogP contribution in [0.15, 0.2) is 30.6 Å². The molecule has 1 aromatic carbocycles. The van der Waals surface area contributed by atoms with Crippen LogP contribution >= 0.6 is 0 Å². The van der Waals surface area contributed by atoms with Gasteiger partial charge in [-0.25, -0.2) is 14.2 Å². The van der Waals surface area contributed by atoms with Crippen molar-refractivity contribution < 1.29 is 9.18 Å². The third-order valence-corrected chi connectivity index (χ3v) is 6.34. The van der Waals surface area contributed by atoms with Gasteiger partial charge >= 0.3 is 6.03 Å². The normalized spacial score (nSPS) is 27.5. The first kappa shape index (κ1) is 15.9. The minimum Gasteiger partial charge on any atom is -0.347 e. The van der Waals surface area contributed by atoms with Gasteiger partial charge in [0.15, 0.2) is 0 Å². The number of nitrogens with zero attached hydrogens (tertiary/aromatic N) is 3. The summed E-state index contributed by atoms with van der Waals surface area (Å²) in [5.74, 6) is 0.241. The van der Waals surface area contributed by atoms with Crippen LogP contribution in [0.5, 0.6) is 0 Å². The first-order valence-corrected chi connectivity index (χ1v) is 9.53. The largest absolute Gasteiger partial charge is 0.347 e. The summed E-state index contributed by atoms with van der Waals surface area (Å²) in [6.45, 7) is 1.37. The molecule has 2 fully saturated rings. The first-order chi connectivity index (χ1) is 12.7. The summed E-state index contributed by atoms with van der Waals surface area (Å²) in [6, 6.07) is 7.69. The molecule has 0 unspecified atom stereocenters. The number of rotatable bonds is 1. The van der Waals surface area contributed by atoms with Crippen LogP contribution in [-0.2, 0) is 13.0 Å². The Bertz CT molecular complexity index is 803. The number of carbonyl (C=O) groups is 1. The van der Waals surface area contributed by atoms with E-state index in [2.05, 4.69) is 14.9 Å². The average Bonchev–Trinajstić information content (AvgIpc) is 3.23. The summed E-state index contributed by atoms with van der Waals surface area (Å²) in [5.41, 5.74) is 3.36. The zero-order chi connectivity index (χ0) is 17.7. The number of halogens is 1. The van der Waals surface area contributed by atoms with Crippen molar-refractivity contribution in [1.82, 2.24) is 19.8 Å². The lowest BCUT2D eigenvalue weighted by Gasteiger charge is -2.42. The molecule has 2 saturated heterocycles. The predicted molar refractivity (Wildman–Crippen MR) is 95.1 cm³/mol. The number of aromatic amines is 1. The van der Waals surface area contributed by atoms with Crippen molar-refractivity contribution in [2.75, 3.05) is 6.54 Å². The Hall–Kier alpha value is -2.37. The molecule has 4 heterocycles. The second kappa shape index (κ2) is 6.11. The topological polar surface area (TPSA) is 52.2 Å². The molecule has 0 saturated carbocycles. The van der Waals surface area contributed by atoms with Crippen LogP contribution < -0.4 is 0 Å². The summed E-state index contributed by atoms with van der Waals surface area (Å²) >= 11 is 0. The van der Waals surface area contributed by atoms with Crippen LogP contribution in [0.4, 0.5) is 9.18 Å². The molecular formula is C20H23FN4O. The Kier molecular flexibility index (Phi) is 3.72. The van der Waals surface area contributed by atoms with Gasteiger partial charge in [0.05, 0.1) is 24.3 Å². The van der Waals surface area contributed by atoms with Gasteiger partial charge in [-0.1, -0.05) is 12.1 Å². The lowest BCUT2D eigenvalue weighted by atomic mass is 9.85. The van der Waals surface area contributed by atoms with Crippen molar-refractivity contribution >= 4 is 6.03 Å². The third kappa shape index (κ3) is 2.59. The number of piperidine rings is 1. The fraction of sp³-hybridized carbons (Fsp3) is 0.500. The van der Waals surface area contributed by atoms with Gasteiger partial charge in [0.2, 0.25) is 0 Å². The number of fused-ring (bicyclic) bond motifs is 3. The summed E-state index contributed by atoms with van der Waals surface area (Å²) in [4.78, 5) is 24.8. The van der Waals surface area contributed by atoms with E-state index in [1.165, 1.54) is 5.56 Å². The van der Waals surface area contributed by atoms with Crippen molar-refractivity contribution in [2.45, 2.75) is 56.7 Å². The van der Waals surface area contributed by atoms with Crippen LogP contribution in [0.1, 0.15) is 48.6 Å². The molecule has 2 aromatic rings. The first-order valence-electron chi connectivity index (χ1n) is 9.53. The van der Waals surface area contributed by atoms with Crippen LogP contribution in [0, 0.1) is 5.82 Å². The Balaban J connectivity index is 1.31. The van der Waals surface area contributed by atoms with Gasteiger partial charge in [-0.3, -0.25) is 0 Å². The highest BCUT2D eigenvalue weighted by atomic mass is 19.1. The average molecular weight is 354 g/mol. The van der Waals surface area contributed by atoms with Crippen molar-refractivity contribution in [3.63, 3.8) is 0 Å². The fourth-order valence-electron chi connectivity index (χ4n) is 5.04. The van der Waals surface area contributed by atoms with Crippen LogP contribution in [0.2, 0.25) is 0 Å². The summed E-state index contributed by atoms with van der Waals surface area (Å²) < 4.78 is 13.2. The summed E-state index contributed by atoms with van der Waals surface area (Å²) in [5, 5.41) is 0.